The fourth-order valence-electron chi connectivity index (χ4n) is 4.06. The number of hydrogen-bond donors (Lipinski definition) is 4. The summed E-state index contributed by atoms with van der Waals surface area (Å²) in [6, 6.07) is 31.2. The summed E-state index contributed by atoms with van der Waals surface area (Å²) in [5.41, 5.74) is 3.84. The number of carbonyl (C=O) groups excluding carboxylic acids is 2. The third-order valence-electron chi connectivity index (χ3n) is 6.24. The minimum atomic E-state index is -0.358. The van der Waals surface area contributed by atoms with Crippen LogP contribution in [0.25, 0.3) is 0 Å². The monoisotopic (exact) mass is 566 g/mol. The van der Waals surface area contributed by atoms with Crippen molar-refractivity contribution in [3.8, 4) is 5.75 Å². The molecular formula is C33H34N4O3S. The second kappa shape index (κ2) is 15.2. The highest BCUT2D eigenvalue weighted by Gasteiger charge is 2.14. The van der Waals surface area contributed by atoms with Crippen LogP contribution in [0.3, 0.4) is 0 Å². The van der Waals surface area contributed by atoms with Crippen molar-refractivity contribution in [1.29, 1.82) is 0 Å². The van der Waals surface area contributed by atoms with Crippen molar-refractivity contribution in [3.63, 3.8) is 0 Å². The van der Waals surface area contributed by atoms with Crippen LogP contribution in [0.4, 0.5) is 22.7 Å². The predicted octanol–water partition coefficient (Wildman–Crippen LogP) is 7.77. The number of hydrogen-bond acceptors (Lipinski definition) is 5. The Hall–Kier alpha value is -4.69. The Bertz CT molecular complexity index is 1440. The first-order chi connectivity index (χ1) is 20.0. The summed E-state index contributed by atoms with van der Waals surface area (Å²) < 4.78 is 5.74. The molecule has 0 atom stereocenters. The average Bonchev–Trinajstić information content (AvgIpc) is 2.99. The molecule has 0 bridgehead atoms. The van der Waals surface area contributed by atoms with E-state index in [1.165, 1.54) is 12.8 Å². The van der Waals surface area contributed by atoms with E-state index in [0.717, 1.165) is 30.0 Å². The maximum absolute atomic E-state index is 13.1. The molecule has 4 N–H and O–H groups in total. The van der Waals surface area contributed by atoms with Crippen LogP contribution < -0.4 is 26.0 Å². The second-order valence-corrected chi connectivity index (χ2v) is 9.82. The average molecular weight is 567 g/mol. The van der Waals surface area contributed by atoms with Crippen LogP contribution in [0, 0.1) is 0 Å². The number of thiocarbonyl (C=S) groups is 1. The first kappa shape index (κ1) is 29.3. The van der Waals surface area contributed by atoms with Gasteiger partial charge >= 0.3 is 0 Å². The van der Waals surface area contributed by atoms with Gasteiger partial charge in [0.1, 0.15) is 5.75 Å². The summed E-state index contributed by atoms with van der Waals surface area (Å²) >= 11 is 5.37. The van der Waals surface area contributed by atoms with Crippen LogP contribution in [0.5, 0.6) is 5.75 Å². The third kappa shape index (κ3) is 9.19. The fraction of sp³-hybridized carbons (Fsp3) is 0.182. The van der Waals surface area contributed by atoms with Gasteiger partial charge in [-0.25, -0.2) is 0 Å². The SMILES string of the molecule is CCCCCCOc1ccc(C(=O)NC(=S)Nc2ccccc2C(=O)Nc2ccc(Nc3ccccc3)cc2)cc1. The lowest BCUT2D eigenvalue weighted by atomic mass is 10.1. The van der Waals surface area contributed by atoms with Crippen LogP contribution in [0.1, 0.15) is 53.3 Å². The molecule has 0 radical (unpaired) electrons. The Kier molecular flexibility index (Phi) is 10.9. The second-order valence-electron chi connectivity index (χ2n) is 9.41. The van der Waals surface area contributed by atoms with Gasteiger partial charge in [-0.15, -0.1) is 0 Å². The highest BCUT2D eigenvalue weighted by molar-refractivity contribution is 7.80. The first-order valence-corrected chi connectivity index (χ1v) is 14.1. The highest BCUT2D eigenvalue weighted by atomic mass is 32.1. The summed E-state index contributed by atoms with van der Waals surface area (Å²) in [5.74, 6) is 0.0557. The molecule has 0 aromatic heterocycles. The van der Waals surface area contributed by atoms with Crippen LogP contribution in [0.15, 0.2) is 103 Å². The van der Waals surface area contributed by atoms with Gasteiger partial charge in [-0.3, -0.25) is 14.9 Å². The molecule has 0 heterocycles. The Morgan fingerprint density at radius 2 is 1.34 bits per heavy atom. The summed E-state index contributed by atoms with van der Waals surface area (Å²) in [6.07, 6.45) is 4.54. The number of rotatable bonds is 12. The lowest BCUT2D eigenvalue weighted by Crippen LogP contribution is -2.34. The quantitative estimate of drug-likeness (QED) is 0.103. The molecule has 2 amide bonds. The number of unbranched alkanes of at least 4 members (excludes halogenated alkanes) is 3. The number of benzene rings is 4. The minimum Gasteiger partial charge on any atom is -0.494 e. The number of ether oxygens (including phenoxy) is 1. The van der Waals surface area contributed by atoms with Crippen LogP contribution in [0.2, 0.25) is 0 Å². The largest absolute Gasteiger partial charge is 0.494 e. The minimum absolute atomic E-state index is 0.0860. The molecule has 0 aliphatic heterocycles. The first-order valence-electron chi connectivity index (χ1n) is 13.7. The van der Waals surface area contributed by atoms with E-state index in [1.54, 1.807) is 48.5 Å². The molecule has 0 saturated heterocycles. The van der Waals surface area contributed by atoms with E-state index in [2.05, 4.69) is 28.2 Å². The van der Waals surface area contributed by atoms with Crippen molar-refractivity contribution in [3.05, 3.63) is 114 Å². The summed E-state index contributed by atoms with van der Waals surface area (Å²) in [7, 11) is 0. The Balaban J connectivity index is 1.30. The molecule has 8 heteroatoms. The van der Waals surface area contributed by atoms with Gasteiger partial charge in [-0.1, -0.05) is 56.5 Å². The smallest absolute Gasteiger partial charge is 0.257 e. The molecule has 4 aromatic rings. The van der Waals surface area contributed by atoms with Gasteiger partial charge in [0.15, 0.2) is 5.11 Å². The highest BCUT2D eigenvalue weighted by Crippen LogP contribution is 2.21. The van der Waals surface area contributed by atoms with Gasteiger partial charge in [0, 0.05) is 22.6 Å². The predicted molar refractivity (Wildman–Crippen MR) is 170 cm³/mol. The molecule has 0 saturated carbocycles. The lowest BCUT2D eigenvalue weighted by Gasteiger charge is -2.14. The maximum Gasteiger partial charge on any atom is 0.257 e. The van der Waals surface area contributed by atoms with Crippen molar-refractivity contribution in [2.45, 2.75) is 32.6 Å². The van der Waals surface area contributed by atoms with Crippen molar-refractivity contribution >= 4 is 51.9 Å². The van der Waals surface area contributed by atoms with Crippen molar-refractivity contribution in [2.75, 3.05) is 22.6 Å². The maximum atomic E-state index is 13.1. The van der Waals surface area contributed by atoms with E-state index in [4.69, 9.17) is 17.0 Å². The molecule has 7 nitrogen and oxygen atoms in total. The van der Waals surface area contributed by atoms with E-state index >= 15 is 0 Å². The molecule has 0 spiro atoms. The molecular weight excluding hydrogens is 532 g/mol. The molecule has 4 aromatic carbocycles. The summed E-state index contributed by atoms with van der Waals surface area (Å²) in [6.45, 7) is 2.83. The zero-order valence-electron chi connectivity index (χ0n) is 23.0. The third-order valence-corrected chi connectivity index (χ3v) is 6.44. The van der Waals surface area contributed by atoms with E-state index in [9.17, 15) is 9.59 Å². The van der Waals surface area contributed by atoms with Crippen molar-refractivity contribution in [1.82, 2.24) is 5.32 Å². The topological polar surface area (TPSA) is 91.5 Å². The Morgan fingerprint density at radius 1 is 0.683 bits per heavy atom. The summed E-state index contributed by atoms with van der Waals surface area (Å²) in [4.78, 5) is 25.8. The number of carbonyl (C=O) groups is 2. The van der Waals surface area contributed by atoms with Crippen LogP contribution in [-0.4, -0.2) is 23.5 Å². The number of anilines is 4. The summed E-state index contributed by atoms with van der Waals surface area (Å²) in [5, 5.41) is 12.0. The van der Waals surface area contributed by atoms with Crippen molar-refractivity contribution in [2.24, 2.45) is 0 Å². The van der Waals surface area contributed by atoms with E-state index in [-0.39, 0.29) is 16.9 Å². The standard InChI is InChI=1S/C33H34N4O3S/c1-2-3-4-10-23-40-28-21-15-24(16-22-28)31(38)37-33(41)36-30-14-9-8-13-29(30)32(39)35-27-19-17-26(18-20-27)34-25-11-6-5-7-12-25/h5-9,11-22,34H,2-4,10,23H2,1H3,(H,35,39)(H2,36,37,38,41). The van der Waals surface area contributed by atoms with E-state index < -0.39 is 0 Å². The van der Waals surface area contributed by atoms with Gasteiger partial charge < -0.3 is 20.7 Å². The number of para-hydroxylation sites is 2. The fourth-order valence-corrected chi connectivity index (χ4v) is 4.27. The molecule has 0 unspecified atom stereocenters. The number of nitrogens with one attached hydrogen (secondary N) is 4. The molecule has 0 aliphatic rings. The normalized spacial score (nSPS) is 10.4. The van der Waals surface area contributed by atoms with E-state index in [0.29, 0.717) is 29.1 Å². The van der Waals surface area contributed by atoms with Gasteiger partial charge in [-0.2, -0.15) is 0 Å². The Morgan fingerprint density at radius 3 is 2.07 bits per heavy atom. The molecule has 41 heavy (non-hydrogen) atoms. The van der Waals surface area contributed by atoms with Crippen LogP contribution >= 0.6 is 12.2 Å². The van der Waals surface area contributed by atoms with Crippen LogP contribution in [-0.2, 0) is 0 Å². The lowest BCUT2D eigenvalue weighted by molar-refractivity contribution is 0.0976. The van der Waals surface area contributed by atoms with Crippen molar-refractivity contribution < 1.29 is 14.3 Å². The van der Waals surface area contributed by atoms with Gasteiger partial charge in [0.2, 0.25) is 0 Å². The van der Waals surface area contributed by atoms with Gasteiger partial charge in [-0.05, 0) is 91.4 Å². The van der Waals surface area contributed by atoms with Gasteiger partial charge in [0.25, 0.3) is 11.8 Å². The molecule has 0 aliphatic carbocycles. The van der Waals surface area contributed by atoms with Gasteiger partial charge in [0.05, 0.1) is 17.9 Å². The molecule has 4 rings (SSSR count). The number of amides is 2. The zero-order valence-corrected chi connectivity index (χ0v) is 23.8. The molecule has 0 fully saturated rings. The molecule has 210 valence electrons. The van der Waals surface area contributed by atoms with E-state index in [1.807, 2.05) is 54.6 Å². The zero-order chi connectivity index (χ0) is 28.9. The Labute approximate surface area is 246 Å².